The van der Waals surface area contributed by atoms with Crippen molar-refractivity contribution in [2.45, 2.75) is 19.9 Å². The number of hydrogen-bond donors (Lipinski definition) is 1. The number of halogens is 2. The minimum Gasteiger partial charge on any atom is -0.623 e. The van der Waals surface area contributed by atoms with Gasteiger partial charge in [-0.3, -0.25) is 4.79 Å². The standard InChI is InChI=1S/C16H14ClFN2O3.Rh/c1-8-10-4-5-20(7-9-2-3-12(18)11(17)6-9)16(23)13(10)14(21)15(22)19-8;/h2-3,6H,4-5,7H2,1H3,(H2,19,21,22,23);/p-1. The van der Waals surface area contributed by atoms with Crippen molar-refractivity contribution >= 4 is 17.5 Å². The molecule has 0 saturated heterocycles. The van der Waals surface area contributed by atoms with Crippen molar-refractivity contribution in [3.63, 3.8) is 0 Å². The molecule has 8 heteroatoms. The Morgan fingerprint density at radius 3 is 2.75 bits per heavy atom. The third-order valence-corrected chi connectivity index (χ3v) is 4.23. The number of rotatable bonds is 2. The van der Waals surface area contributed by atoms with E-state index < -0.39 is 23.0 Å². The van der Waals surface area contributed by atoms with Gasteiger partial charge >= 0.3 is 0 Å². The largest absolute Gasteiger partial charge is 0.623 e. The third-order valence-electron chi connectivity index (χ3n) is 3.94. The normalized spacial score (nSPS) is 13.5. The van der Waals surface area contributed by atoms with Gasteiger partial charge in [0.1, 0.15) is 11.4 Å². The fraction of sp³-hybridized carbons (Fsp3) is 0.250. The number of aryl methyl sites for hydroxylation is 1. The summed E-state index contributed by atoms with van der Waals surface area (Å²) in [6.45, 7) is 2.27. The van der Waals surface area contributed by atoms with Crippen LogP contribution in [0.3, 0.4) is 0 Å². The summed E-state index contributed by atoms with van der Waals surface area (Å²) in [6, 6.07) is 4.23. The van der Waals surface area contributed by atoms with E-state index in [-0.39, 0.29) is 36.6 Å². The zero-order valence-electron chi connectivity index (χ0n) is 12.6. The third kappa shape index (κ3) is 3.24. The molecule has 0 spiro atoms. The topological polar surface area (TPSA) is 71.7 Å². The quantitative estimate of drug-likeness (QED) is 0.728. The monoisotopic (exact) mass is 438 g/mol. The zero-order valence-corrected chi connectivity index (χ0v) is 15.0. The fourth-order valence-corrected chi connectivity index (χ4v) is 2.96. The number of aromatic hydroxyl groups is 1. The molecule has 129 valence electrons. The number of carbonyl (C=O) groups is 1. The van der Waals surface area contributed by atoms with Gasteiger partial charge in [0.15, 0.2) is 5.75 Å². The molecule has 1 amide bonds. The van der Waals surface area contributed by atoms with E-state index in [1.165, 1.54) is 17.0 Å². The molecule has 0 fully saturated rings. The van der Waals surface area contributed by atoms with E-state index in [0.717, 1.165) is 0 Å². The van der Waals surface area contributed by atoms with E-state index >= 15 is 0 Å². The predicted molar refractivity (Wildman–Crippen MR) is 82.3 cm³/mol. The number of nitrogens with zero attached hydrogens (tertiary/aromatic N) is 2. The van der Waals surface area contributed by atoms with Crippen LogP contribution in [0.4, 0.5) is 4.39 Å². The molecule has 24 heavy (non-hydrogen) atoms. The van der Waals surface area contributed by atoms with Gasteiger partial charge in [-0.05, 0) is 29.7 Å². The molecule has 2 heterocycles. The van der Waals surface area contributed by atoms with E-state index in [2.05, 4.69) is 4.98 Å². The first kappa shape index (κ1) is 18.6. The number of hydrogen-bond acceptors (Lipinski definition) is 3. The van der Waals surface area contributed by atoms with Crippen LogP contribution < -0.4 is 10.5 Å². The molecule has 0 bridgehead atoms. The van der Waals surface area contributed by atoms with Gasteiger partial charge in [-0.1, -0.05) is 24.6 Å². The molecule has 1 radical (unpaired) electrons. The van der Waals surface area contributed by atoms with Crippen molar-refractivity contribution in [2.75, 3.05) is 6.54 Å². The molecule has 1 aromatic carbocycles. The smallest absolute Gasteiger partial charge is 0.258 e. The molecule has 5 nitrogen and oxygen atoms in total. The van der Waals surface area contributed by atoms with Crippen LogP contribution in [0.1, 0.15) is 27.2 Å². The number of carbonyl (C=O) groups excluding carboxylic acids is 1. The summed E-state index contributed by atoms with van der Waals surface area (Å²) in [5.74, 6) is -1.58. The van der Waals surface area contributed by atoms with Gasteiger partial charge < -0.3 is 19.8 Å². The Hall–Kier alpha value is -1.72. The maximum atomic E-state index is 13.2. The van der Waals surface area contributed by atoms with Crippen LogP contribution in [0.25, 0.3) is 0 Å². The second kappa shape index (κ2) is 7.03. The van der Waals surface area contributed by atoms with Crippen molar-refractivity contribution < 1.29 is 33.8 Å². The summed E-state index contributed by atoms with van der Waals surface area (Å²) in [6.07, 6.45) is 0.489. The summed E-state index contributed by atoms with van der Waals surface area (Å²) >= 11 is 5.75. The van der Waals surface area contributed by atoms with E-state index in [9.17, 15) is 19.1 Å². The van der Waals surface area contributed by atoms with Crippen molar-refractivity contribution in [3.8, 4) is 5.75 Å². The second-order valence-electron chi connectivity index (χ2n) is 5.43. The van der Waals surface area contributed by atoms with Crippen molar-refractivity contribution in [1.82, 2.24) is 9.88 Å². The van der Waals surface area contributed by atoms with Gasteiger partial charge in [-0.2, -0.15) is 5.69 Å². The number of fused-ring (bicyclic) bond motifs is 1. The summed E-state index contributed by atoms with van der Waals surface area (Å²) in [7, 11) is 0. The van der Waals surface area contributed by atoms with E-state index in [1.807, 2.05) is 0 Å². The molecular weight excluding hydrogens is 426 g/mol. The van der Waals surface area contributed by atoms with E-state index in [0.29, 0.717) is 29.8 Å². The first-order valence-corrected chi connectivity index (χ1v) is 7.39. The predicted octanol–water partition coefficient (Wildman–Crippen LogP) is 2.01. The Balaban J connectivity index is 0.00000208. The van der Waals surface area contributed by atoms with Crippen molar-refractivity contribution in [3.05, 3.63) is 61.8 Å². The zero-order chi connectivity index (χ0) is 16.7. The molecule has 3 rings (SSSR count). The SMILES string of the molecule is Cc1[n-]c(=O)c(O)c2c1CCN(Cc1ccc(F)c(Cl)c1)C2=O.[Rh]. The maximum Gasteiger partial charge on any atom is 0.258 e. The van der Waals surface area contributed by atoms with Crippen LogP contribution >= 0.6 is 11.6 Å². The van der Waals surface area contributed by atoms with Gasteiger partial charge in [0.2, 0.25) is 0 Å². The summed E-state index contributed by atoms with van der Waals surface area (Å²) < 4.78 is 13.2. The Kier molecular flexibility index (Phi) is 5.46. The van der Waals surface area contributed by atoms with Crippen molar-refractivity contribution in [2.24, 2.45) is 0 Å². The molecule has 0 atom stereocenters. The minimum absolute atomic E-state index is 0. The number of pyridine rings is 1. The molecule has 0 unspecified atom stereocenters. The summed E-state index contributed by atoms with van der Waals surface area (Å²) in [5.41, 5.74) is 0.935. The number of benzene rings is 1. The van der Waals surface area contributed by atoms with Crippen LogP contribution in [0.5, 0.6) is 5.75 Å². The first-order valence-electron chi connectivity index (χ1n) is 7.01. The molecule has 1 N–H and O–H groups in total. The van der Waals surface area contributed by atoms with Crippen LogP contribution in [-0.4, -0.2) is 22.5 Å². The van der Waals surface area contributed by atoms with Gasteiger partial charge in [-0.25, -0.2) is 4.39 Å². The first-order chi connectivity index (χ1) is 10.9. The van der Waals surface area contributed by atoms with Gasteiger partial charge in [0.25, 0.3) is 5.91 Å². The molecule has 1 aliphatic rings. The minimum atomic E-state index is -0.804. The van der Waals surface area contributed by atoms with Crippen LogP contribution in [0.15, 0.2) is 23.0 Å². The fourth-order valence-electron chi connectivity index (χ4n) is 2.76. The number of amides is 1. The van der Waals surface area contributed by atoms with E-state index in [4.69, 9.17) is 11.6 Å². The molecule has 1 aromatic heterocycles. The Bertz CT molecular complexity index is 869. The molecular formula is C16H13ClFN2O3Rh-. The Labute approximate surface area is 155 Å². The van der Waals surface area contributed by atoms with E-state index in [1.54, 1.807) is 13.0 Å². The Morgan fingerprint density at radius 1 is 1.38 bits per heavy atom. The molecule has 2 aromatic rings. The van der Waals surface area contributed by atoms with Crippen LogP contribution in [0, 0.1) is 12.7 Å². The molecule has 1 aliphatic heterocycles. The maximum absolute atomic E-state index is 13.2. The second-order valence-corrected chi connectivity index (χ2v) is 5.84. The van der Waals surface area contributed by atoms with Crippen molar-refractivity contribution in [1.29, 1.82) is 0 Å². The average Bonchev–Trinajstić information content (AvgIpc) is 2.50. The molecule has 0 aliphatic carbocycles. The Morgan fingerprint density at radius 2 is 2.08 bits per heavy atom. The van der Waals surface area contributed by atoms with Crippen LogP contribution in [0.2, 0.25) is 5.02 Å². The summed E-state index contributed by atoms with van der Waals surface area (Å²) in [4.78, 5) is 29.4. The van der Waals surface area contributed by atoms with Crippen LogP contribution in [-0.2, 0) is 32.4 Å². The summed E-state index contributed by atoms with van der Waals surface area (Å²) in [5, 5.41) is 9.89. The van der Waals surface area contributed by atoms with Gasteiger partial charge in [0.05, 0.1) is 10.6 Å². The van der Waals surface area contributed by atoms with Gasteiger partial charge in [0, 0.05) is 32.6 Å². The number of aromatic nitrogens is 1. The van der Waals surface area contributed by atoms with Gasteiger partial charge in [-0.15, -0.1) is 0 Å². The molecule has 0 saturated carbocycles. The average molecular weight is 439 g/mol.